The van der Waals surface area contributed by atoms with Crippen LogP contribution < -0.4 is 33.4 Å². The molecular formula is C24H35N11O4S. The number of piperidine rings is 1. The molecule has 1 aliphatic heterocycles. The van der Waals surface area contributed by atoms with Crippen LogP contribution in [0.4, 0.5) is 5.69 Å². The lowest BCUT2D eigenvalue weighted by molar-refractivity contribution is -0.122. The Morgan fingerprint density at radius 2 is 1.93 bits per heavy atom. The maximum Gasteiger partial charge on any atom is 0.277 e. The number of hydrogen-bond acceptors (Lipinski definition) is 9. The van der Waals surface area contributed by atoms with E-state index in [1.54, 1.807) is 17.2 Å². The highest BCUT2D eigenvalue weighted by molar-refractivity contribution is 7.11. The Morgan fingerprint density at radius 3 is 2.55 bits per heavy atom. The van der Waals surface area contributed by atoms with Gasteiger partial charge in [0.05, 0.1) is 12.2 Å². The smallest absolute Gasteiger partial charge is 0.277 e. The Bertz CT molecular complexity index is 1300. The zero-order chi connectivity index (χ0) is 29.2. The molecule has 1 saturated heterocycles. The minimum Gasteiger partial charge on any atom is -0.370 e. The number of nitrogens with two attached hydrogens (primary N) is 3. The lowest BCUT2D eigenvalue weighted by Gasteiger charge is -2.31. The summed E-state index contributed by atoms with van der Waals surface area (Å²) in [5, 5.41) is 14.7. The standard InChI is InChI=1S/C24H35N11O4S/c1-14-31-12-17(33-18(36)11-15-4-8-34(9-5-15)24(27)28)22(39)35(14)13-19(37)32-16(3-2-6-30-23(25)26)20(38)21-29-7-10-40-21/h7,10,12,15-16H,2-6,8-9,11,13H2,1H3,(H3,27,28)(H,32,37)(H,33,36)(H4,25,26,30)/t16-/m0/s1. The van der Waals surface area contributed by atoms with Crippen molar-refractivity contribution in [1.29, 1.82) is 5.41 Å². The highest BCUT2D eigenvalue weighted by Crippen LogP contribution is 2.20. The third-order valence-corrected chi connectivity index (χ3v) is 7.28. The fourth-order valence-corrected chi connectivity index (χ4v) is 4.97. The Kier molecular flexibility index (Phi) is 10.7. The number of nitrogens with zero attached hydrogens (tertiary/aromatic N) is 5. The van der Waals surface area contributed by atoms with Gasteiger partial charge in [-0.25, -0.2) is 9.97 Å². The number of rotatable bonds is 12. The monoisotopic (exact) mass is 573 g/mol. The molecule has 0 saturated carbocycles. The van der Waals surface area contributed by atoms with Gasteiger partial charge in [0.25, 0.3) is 5.56 Å². The molecule has 216 valence electrons. The Morgan fingerprint density at radius 1 is 1.20 bits per heavy atom. The van der Waals surface area contributed by atoms with Crippen molar-refractivity contribution < 1.29 is 14.4 Å². The SMILES string of the molecule is Cc1ncc(NC(=O)CC2CCN(C(=N)N)CC2)c(=O)n1CC(=O)N[C@@H](CCCN=C(N)N)C(=O)c1nccs1. The van der Waals surface area contributed by atoms with Gasteiger partial charge in [-0.1, -0.05) is 0 Å². The number of aliphatic imine (C=N–C) groups is 1. The average molecular weight is 574 g/mol. The number of thiazole rings is 1. The molecule has 0 aromatic carbocycles. The number of carbonyl (C=O) groups excluding carboxylic acids is 3. The van der Waals surface area contributed by atoms with Crippen LogP contribution in [0.5, 0.6) is 0 Å². The van der Waals surface area contributed by atoms with E-state index in [2.05, 4.69) is 25.6 Å². The highest BCUT2D eigenvalue weighted by Gasteiger charge is 2.25. The molecule has 15 nitrogen and oxygen atoms in total. The fourth-order valence-electron chi connectivity index (χ4n) is 4.34. The summed E-state index contributed by atoms with van der Waals surface area (Å²) in [6.45, 7) is 2.64. The quantitative estimate of drug-likeness (QED) is 0.0812. The molecule has 3 rings (SSSR count). The summed E-state index contributed by atoms with van der Waals surface area (Å²) in [6.07, 6.45) is 5.07. The third-order valence-electron chi connectivity index (χ3n) is 6.49. The summed E-state index contributed by atoms with van der Waals surface area (Å²) in [5.74, 6) is -0.959. The lowest BCUT2D eigenvalue weighted by atomic mass is 9.93. The summed E-state index contributed by atoms with van der Waals surface area (Å²) < 4.78 is 1.14. The number of amides is 2. The van der Waals surface area contributed by atoms with Crippen LogP contribution in [0.15, 0.2) is 27.6 Å². The molecule has 0 bridgehead atoms. The molecule has 3 heterocycles. The predicted octanol–water partition coefficient (Wildman–Crippen LogP) is -0.636. The van der Waals surface area contributed by atoms with Gasteiger partial charge < -0.3 is 32.7 Å². The van der Waals surface area contributed by atoms with E-state index in [1.807, 2.05) is 0 Å². The number of nitrogens with one attached hydrogen (secondary N) is 3. The number of aryl methyl sites for hydroxylation is 1. The summed E-state index contributed by atoms with van der Waals surface area (Å²) in [7, 11) is 0. The number of aromatic nitrogens is 3. The van der Waals surface area contributed by atoms with E-state index in [0.717, 1.165) is 15.9 Å². The van der Waals surface area contributed by atoms with E-state index >= 15 is 0 Å². The average Bonchev–Trinajstić information content (AvgIpc) is 3.45. The first-order valence-electron chi connectivity index (χ1n) is 12.8. The molecule has 1 aliphatic rings. The molecule has 0 radical (unpaired) electrons. The van der Waals surface area contributed by atoms with Gasteiger partial charge in [-0.05, 0) is 38.5 Å². The number of anilines is 1. The second-order valence-electron chi connectivity index (χ2n) is 9.45. The number of ketones is 1. The van der Waals surface area contributed by atoms with Gasteiger partial charge in [-0.2, -0.15) is 0 Å². The van der Waals surface area contributed by atoms with Crippen molar-refractivity contribution in [3.63, 3.8) is 0 Å². The van der Waals surface area contributed by atoms with Gasteiger partial charge in [0, 0.05) is 37.6 Å². The molecule has 1 atom stereocenters. The second kappa shape index (κ2) is 14.2. The molecule has 0 aliphatic carbocycles. The van der Waals surface area contributed by atoms with Crippen molar-refractivity contribution in [3.05, 3.63) is 39.0 Å². The number of carbonyl (C=O) groups is 3. The van der Waals surface area contributed by atoms with Crippen LogP contribution >= 0.6 is 11.3 Å². The Hall–Kier alpha value is -4.34. The van der Waals surface area contributed by atoms with Crippen molar-refractivity contribution >= 4 is 46.5 Å². The molecule has 2 aromatic heterocycles. The Balaban J connectivity index is 1.64. The molecule has 9 N–H and O–H groups in total. The molecule has 16 heteroatoms. The van der Waals surface area contributed by atoms with E-state index in [0.29, 0.717) is 32.4 Å². The van der Waals surface area contributed by atoms with E-state index in [1.165, 1.54) is 12.4 Å². The first-order chi connectivity index (χ1) is 19.0. The minimum atomic E-state index is -0.894. The molecule has 2 amide bonds. The molecule has 40 heavy (non-hydrogen) atoms. The number of guanidine groups is 2. The summed E-state index contributed by atoms with van der Waals surface area (Å²) in [4.78, 5) is 65.5. The van der Waals surface area contributed by atoms with Crippen LogP contribution in [0.2, 0.25) is 0 Å². The normalized spacial score (nSPS) is 14.3. The third kappa shape index (κ3) is 8.59. The van der Waals surface area contributed by atoms with Gasteiger partial charge in [0.1, 0.15) is 18.1 Å². The lowest BCUT2D eigenvalue weighted by Crippen LogP contribution is -2.44. The molecule has 0 spiro atoms. The van der Waals surface area contributed by atoms with Crippen LogP contribution in [-0.4, -0.2) is 74.6 Å². The molecular weight excluding hydrogens is 538 g/mol. The zero-order valence-corrected chi connectivity index (χ0v) is 23.1. The first-order valence-corrected chi connectivity index (χ1v) is 13.7. The number of Topliss-reactive ketones (excluding diaryl/α,β-unsaturated/α-hetero) is 1. The van der Waals surface area contributed by atoms with E-state index < -0.39 is 24.1 Å². The largest absolute Gasteiger partial charge is 0.370 e. The van der Waals surface area contributed by atoms with Crippen molar-refractivity contribution in [3.8, 4) is 0 Å². The van der Waals surface area contributed by atoms with Crippen molar-refractivity contribution in [2.24, 2.45) is 28.1 Å². The van der Waals surface area contributed by atoms with E-state index in [-0.39, 0.29) is 65.4 Å². The van der Waals surface area contributed by atoms with Crippen molar-refractivity contribution in [1.82, 2.24) is 24.8 Å². The van der Waals surface area contributed by atoms with Crippen molar-refractivity contribution in [2.45, 2.75) is 51.6 Å². The van der Waals surface area contributed by atoms with Gasteiger partial charge in [0.2, 0.25) is 17.6 Å². The maximum atomic E-state index is 13.1. The molecule has 0 unspecified atom stereocenters. The first kappa shape index (κ1) is 30.2. The van der Waals surface area contributed by atoms with E-state index in [9.17, 15) is 19.2 Å². The van der Waals surface area contributed by atoms with Crippen LogP contribution in [0.3, 0.4) is 0 Å². The zero-order valence-electron chi connectivity index (χ0n) is 22.3. The highest BCUT2D eigenvalue weighted by atomic mass is 32.1. The Labute approximate surface area is 234 Å². The van der Waals surface area contributed by atoms with Crippen LogP contribution in [0, 0.1) is 18.3 Å². The summed E-state index contributed by atoms with van der Waals surface area (Å²) in [6, 6.07) is -0.894. The van der Waals surface area contributed by atoms with Crippen LogP contribution in [0.1, 0.15) is 47.7 Å². The molecule has 1 fully saturated rings. The van der Waals surface area contributed by atoms with Crippen molar-refractivity contribution in [2.75, 3.05) is 25.0 Å². The maximum absolute atomic E-state index is 13.1. The number of hydrogen-bond donors (Lipinski definition) is 6. The summed E-state index contributed by atoms with van der Waals surface area (Å²) in [5.41, 5.74) is 15.6. The van der Waals surface area contributed by atoms with Crippen LogP contribution in [0.25, 0.3) is 0 Å². The summed E-state index contributed by atoms with van der Waals surface area (Å²) >= 11 is 1.16. The minimum absolute atomic E-state index is 0.0167. The fraction of sp³-hybridized carbons (Fsp3) is 0.500. The second-order valence-corrected chi connectivity index (χ2v) is 10.3. The van der Waals surface area contributed by atoms with E-state index in [4.69, 9.17) is 22.6 Å². The van der Waals surface area contributed by atoms with Gasteiger partial charge >= 0.3 is 0 Å². The van der Waals surface area contributed by atoms with Gasteiger partial charge in [-0.3, -0.25) is 34.1 Å². The number of likely N-dealkylation sites (tertiary alicyclic amines) is 1. The van der Waals surface area contributed by atoms with Crippen LogP contribution in [-0.2, 0) is 16.1 Å². The van der Waals surface area contributed by atoms with Gasteiger partial charge in [0.15, 0.2) is 16.9 Å². The predicted molar refractivity (Wildman–Crippen MR) is 151 cm³/mol. The molecule has 2 aromatic rings. The van der Waals surface area contributed by atoms with Gasteiger partial charge in [-0.15, -0.1) is 11.3 Å². The topological polar surface area (TPSA) is 241 Å².